The Morgan fingerprint density at radius 1 is 1.33 bits per heavy atom. The molecule has 0 saturated heterocycles. The number of esters is 1. The normalized spacial score (nSPS) is 10.3. The molecule has 2 aromatic rings. The standard InChI is InChI=1S/C17H19N3O7/c1-10-13(11(2)27-19-10)5-7-17(22)26-9-16(21)18-14-8-12(20(23)24)4-6-15(14)25-3/h4,6,8H,5,7,9H2,1-3H3,(H,18,21). The van der Waals surface area contributed by atoms with E-state index < -0.39 is 23.4 Å². The molecule has 0 aliphatic heterocycles. The van der Waals surface area contributed by atoms with Crippen LogP contribution in [-0.2, 0) is 20.7 Å². The van der Waals surface area contributed by atoms with Crippen LogP contribution in [-0.4, -0.2) is 35.7 Å². The Bertz CT molecular complexity index is 841. The number of nitrogens with zero attached hydrogens (tertiary/aromatic N) is 2. The van der Waals surface area contributed by atoms with E-state index in [9.17, 15) is 19.7 Å². The summed E-state index contributed by atoms with van der Waals surface area (Å²) in [7, 11) is 1.37. The predicted octanol–water partition coefficient (Wildman–Crippen LogP) is 2.32. The Labute approximate surface area is 154 Å². The second kappa shape index (κ2) is 8.79. The molecule has 0 aliphatic rings. The second-order valence-corrected chi connectivity index (χ2v) is 5.65. The minimum Gasteiger partial charge on any atom is -0.495 e. The minimum atomic E-state index is -0.639. The lowest BCUT2D eigenvalue weighted by Gasteiger charge is -2.10. The minimum absolute atomic E-state index is 0.0658. The summed E-state index contributed by atoms with van der Waals surface area (Å²) < 4.78 is 15.0. The van der Waals surface area contributed by atoms with E-state index in [1.807, 2.05) is 0 Å². The third kappa shape index (κ3) is 5.27. The first-order valence-corrected chi connectivity index (χ1v) is 8.01. The highest BCUT2D eigenvalue weighted by Crippen LogP contribution is 2.28. The number of carbonyl (C=O) groups excluding carboxylic acids is 2. The van der Waals surface area contributed by atoms with Crippen molar-refractivity contribution < 1.29 is 28.5 Å². The van der Waals surface area contributed by atoms with Gasteiger partial charge in [-0.2, -0.15) is 0 Å². The SMILES string of the molecule is COc1ccc([N+](=O)[O-])cc1NC(=O)COC(=O)CCc1c(C)noc1C. The van der Waals surface area contributed by atoms with Gasteiger partial charge in [-0.15, -0.1) is 0 Å². The van der Waals surface area contributed by atoms with Crippen molar-refractivity contribution in [1.29, 1.82) is 0 Å². The third-order valence-corrected chi connectivity index (χ3v) is 3.79. The number of methoxy groups -OCH3 is 1. The van der Waals surface area contributed by atoms with Crippen LogP contribution in [0.3, 0.4) is 0 Å². The number of ether oxygens (including phenoxy) is 2. The quantitative estimate of drug-likeness (QED) is 0.421. The average Bonchev–Trinajstić information content (AvgIpc) is 2.96. The first-order chi connectivity index (χ1) is 12.8. The molecule has 2 rings (SSSR count). The highest BCUT2D eigenvalue weighted by atomic mass is 16.6. The number of nitro benzene ring substituents is 1. The van der Waals surface area contributed by atoms with Crippen LogP contribution < -0.4 is 10.1 Å². The fourth-order valence-electron chi connectivity index (χ4n) is 2.40. The highest BCUT2D eigenvalue weighted by Gasteiger charge is 2.16. The van der Waals surface area contributed by atoms with Gasteiger partial charge in [-0.05, 0) is 26.3 Å². The van der Waals surface area contributed by atoms with Crippen molar-refractivity contribution in [2.24, 2.45) is 0 Å². The van der Waals surface area contributed by atoms with E-state index in [1.165, 1.54) is 19.2 Å². The van der Waals surface area contributed by atoms with Crippen LogP contribution in [0.2, 0.25) is 0 Å². The summed E-state index contributed by atoms with van der Waals surface area (Å²) in [6.45, 7) is 3.00. The van der Waals surface area contributed by atoms with Crippen molar-refractivity contribution in [1.82, 2.24) is 5.16 Å². The Kier molecular flexibility index (Phi) is 6.47. The van der Waals surface area contributed by atoms with Crippen LogP contribution in [0.5, 0.6) is 5.75 Å². The first kappa shape index (κ1) is 19.9. The lowest BCUT2D eigenvalue weighted by Crippen LogP contribution is -2.21. The summed E-state index contributed by atoms with van der Waals surface area (Å²) in [5.41, 5.74) is 1.44. The topological polar surface area (TPSA) is 134 Å². The number of rotatable bonds is 8. The Morgan fingerprint density at radius 2 is 2.07 bits per heavy atom. The Morgan fingerprint density at radius 3 is 2.67 bits per heavy atom. The average molecular weight is 377 g/mol. The van der Waals surface area contributed by atoms with E-state index >= 15 is 0 Å². The van der Waals surface area contributed by atoms with Crippen LogP contribution in [0.1, 0.15) is 23.4 Å². The molecular formula is C17H19N3O7. The largest absolute Gasteiger partial charge is 0.495 e. The van der Waals surface area contributed by atoms with E-state index in [0.717, 1.165) is 11.6 Å². The van der Waals surface area contributed by atoms with Crippen molar-refractivity contribution in [3.8, 4) is 5.75 Å². The maximum absolute atomic E-state index is 12.0. The fraction of sp³-hybridized carbons (Fsp3) is 0.353. The molecule has 0 radical (unpaired) electrons. The number of amides is 1. The zero-order valence-electron chi connectivity index (χ0n) is 15.1. The zero-order chi connectivity index (χ0) is 20.0. The molecule has 10 heteroatoms. The van der Waals surface area contributed by atoms with Gasteiger partial charge in [-0.25, -0.2) is 0 Å². The molecule has 1 aromatic carbocycles. The molecule has 1 amide bonds. The lowest BCUT2D eigenvalue weighted by atomic mass is 10.1. The van der Waals surface area contributed by atoms with Gasteiger partial charge in [0.2, 0.25) is 0 Å². The molecule has 0 saturated carbocycles. The molecule has 10 nitrogen and oxygen atoms in total. The van der Waals surface area contributed by atoms with E-state index in [0.29, 0.717) is 17.9 Å². The lowest BCUT2D eigenvalue weighted by molar-refractivity contribution is -0.384. The van der Waals surface area contributed by atoms with Crippen molar-refractivity contribution >= 4 is 23.3 Å². The molecule has 0 fully saturated rings. The summed E-state index contributed by atoms with van der Waals surface area (Å²) in [4.78, 5) is 34.0. The van der Waals surface area contributed by atoms with Crippen LogP contribution >= 0.6 is 0 Å². The molecule has 1 N–H and O–H groups in total. The summed E-state index contributed by atoms with van der Waals surface area (Å²) in [6, 6.07) is 3.78. The smallest absolute Gasteiger partial charge is 0.306 e. The Hall–Kier alpha value is -3.43. The van der Waals surface area contributed by atoms with Crippen molar-refractivity contribution in [3.05, 3.63) is 45.3 Å². The molecule has 1 heterocycles. The highest BCUT2D eigenvalue weighted by molar-refractivity contribution is 5.94. The van der Waals surface area contributed by atoms with Gasteiger partial charge >= 0.3 is 5.97 Å². The number of aromatic nitrogens is 1. The summed E-state index contributed by atoms with van der Waals surface area (Å²) in [6.07, 6.45) is 0.455. The predicted molar refractivity (Wildman–Crippen MR) is 93.5 cm³/mol. The third-order valence-electron chi connectivity index (χ3n) is 3.79. The summed E-state index contributed by atoms with van der Waals surface area (Å²) >= 11 is 0. The van der Waals surface area contributed by atoms with Gasteiger partial charge in [-0.1, -0.05) is 5.16 Å². The molecule has 0 atom stereocenters. The van der Waals surface area contributed by atoms with Crippen molar-refractivity contribution in [2.45, 2.75) is 26.7 Å². The molecule has 0 spiro atoms. The van der Waals surface area contributed by atoms with Crippen LogP contribution in [0.15, 0.2) is 22.7 Å². The molecule has 0 aliphatic carbocycles. The fourth-order valence-corrected chi connectivity index (χ4v) is 2.40. The van der Waals surface area contributed by atoms with Gasteiger partial charge in [-0.3, -0.25) is 19.7 Å². The molecule has 0 unspecified atom stereocenters. The van der Waals surface area contributed by atoms with Crippen LogP contribution in [0, 0.1) is 24.0 Å². The van der Waals surface area contributed by atoms with Gasteiger partial charge in [0.05, 0.1) is 23.4 Å². The van der Waals surface area contributed by atoms with Gasteiger partial charge in [0, 0.05) is 24.1 Å². The van der Waals surface area contributed by atoms with Gasteiger partial charge < -0.3 is 19.3 Å². The van der Waals surface area contributed by atoms with E-state index in [-0.39, 0.29) is 23.5 Å². The van der Waals surface area contributed by atoms with E-state index in [2.05, 4.69) is 10.5 Å². The van der Waals surface area contributed by atoms with E-state index in [4.69, 9.17) is 14.0 Å². The maximum Gasteiger partial charge on any atom is 0.306 e. The number of carbonyl (C=O) groups is 2. The van der Waals surface area contributed by atoms with Crippen molar-refractivity contribution in [3.63, 3.8) is 0 Å². The molecule has 27 heavy (non-hydrogen) atoms. The second-order valence-electron chi connectivity index (χ2n) is 5.65. The summed E-state index contributed by atoms with van der Waals surface area (Å²) in [5.74, 6) is -0.315. The molecule has 1 aromatic heterocycles. The first-order valence-electron chi connectivity index (χ1n) is 8.01. The molecule has 0 bridgehead atoms. The number of anilines is 1. The number of benzene rings is 1. The number of hydrogen-bond donors (Lipinski definition) is 1. The van der Waals surface area contributed by atoms with Gasteiger partial charge in [0.15, 0.2) is 6.61 Å². The number of non-ortho nitro benzene ring substituents is 1. The van der Waals surface area contributed by atoms with Crippen LogP contribution in [0.4, 0.5) is 11.4 Å². The molecular weight excluding hydrogens is 358 g/mol. The van der Waals surface area contributed by atoms with Gasteiger partial charge in [0.25, 0.3) is 11.6 Å². The maximum atomic E-state index is 12.0. The number of hydrogen-bond acceptors (Lipinski definition) is 8. The van der Waals surface area contributed by atoms with E-state index in [1.54, 1.807) is 13.8 Å². The van der Waals surface area contributed by atoms with Crippen LogP contribution in [0.25, 0.3) is 0 Å². The Balaban J connectivity index is 1.88. The number of aryl methyl sites for hydroxylation is 2. The number of nitro groups is 1. The van der Waals surface area contributed by atoms with Gasteiger partial charge in [0.1, 0.15) is 11.5 Å². The zero-order valence-corrected chi connectivity index (χ0v) is 15.1. The monoisotopic (exact) mass is 377 g/mol. The molecule has 144 valence electrons. The number of nitrogens with one attached hydrogen (secondary N) is 1. The van der Waals surface area contributed by atoms with Crippen molar-refractivity contribution in [2.75, 3.05) is 19.0 Å². The summed E-state index contributed by atoms with van der Waals surface area (Å²) in [5, 5.41) is 17.1.